The molecule has 1 fully saturated rings. The van der Waals surface area contributed by atoms with Crippen molar-refractivity contribution in [2.24, 2.45) is 5.92 Å². The molecule has 0 saturated carbocycles. The minimum absolute atomic E-state index is 0.721. The maximum Gasteiger partial charge on any atom is 0.128 e. The first-order valence-electron chi connectivity index (χ1n) is 10.7. The smallest absolute Gasteiger partial charge is 0.128 e. The fourth-order valence-corrected chi connectivity index (χ4v) is 4.31. The summed E-state index contributed by atoms with van der Waals surface area (Å²) in [5.41, 5.74) is 4.74. The van der Waals surface area contributed by atoms with Gasteiger partial charge in [0.25, 0.3) is 0 Å². The van der Waals surface area contributed by atoms with Gasteiger partial charge in [-0.15, -0.1) is 0 Å². The number of ether oxygens (including phenoxy) is 1. The molecule has 1 aromatic heterocycles. The largest absolute Gasteiger partial charge is 0.457 e. The zero-order valence-corrected chi connectivity index (χ0v) is 17.3. The topological polar surface area (TPSA) is 25.4 Å². The summed E-state index contributed by atoms with van der Waals surface area (Å²) in [6, 6.07) is 29.5. The van der Waals surface area contributed by atoms with Crippen LogP contribution in [0.2, 0.25) is 0 Å². The number of hydrogen-bond donors (Lipinski definition) is 0. The monoisotopic (exact) mass is 394 g/mol. The van der Waals surface area contributed by atoms with Gasteiger partial charge in [-0.2, -0.15) is 0 Å². The number of fused-ring (bicyclic) bond motifs is 1. The van der Waals surface area contributed by atoms with E-state index in [-0.39, 0.29) is 0 Å². The zero-order chi connectivity index (χ0) is 20.3. The molecular weight excluding hydrogens is 368 g/mol. The van der Waals surface area contributed by atoms with E-state index in [9.17, 15) is 0 Å². The zero-order valence-electron chi connectivity index (χ0n) is 17.3. The van der Waals surface area contributed by atoms with Crippen LogP contribution >= 0.6 is 0 Å². The molecule has 4 aromatic rings. The Balaban J connectivity index is 1.23. The molecule has 0 bridgehead atoms. The van der Waals surface area contributed by atoms with Gasteiger partial charge in [-0.05, 0) is 79.8 Å². The minimum atomic E-state index is 0.721. The summed E-state index contributed by atoms with van der Waals surface area (Å²) in [6.45, 7) is 4.25. The van der Waals surface area contributed by atoms with Crippen LogP contribution in [0.25, 0.3) is 10.9 Å². The van der Waals surface area contributed by atoms with E-state index >= 15 is 0 Å². The Bertz CT molecular complexity index is 1140. The summed E-state index contributed by atoms with van der Waals surface area (Å²) >= 11 is 0. The molecular formula is C27H26N2O. The normalized spacial score (nSPS) is 16.2. The Morgan fingerprint density at radius 3 is 2.53 bits per heavy atom. The van der Waals surface area contributed by atoms with E-state index in [0.717, 1.165) is 53.5 Å². The second-order valence-corrected chi connectivity index (χ2v) is 8.19. The number of rotatable bonds is 5. The lowest BCUT2D eigenvalue weighted by Gasteiger charge is -2.19. The Hall–Kier alpha value is -3.33. The first-order valence-corrected chi connectivity index (χ1v) is 10.7. The van der Waals surface area contributed by atoms with E-state index in [1.165, 1.54) is 17.7 Å². The number of nitrogens with zero attached hydrogens (tertiary/aromatic N) is 2. The summed E-state index contributed by atoms with van der Waals surface area (Å²) in [4.78, 5) is 7.04. The van der Waals surface area contributed by atoms with Crippen molar-refractivity contribution in [1.82, 2.24) is 4.98 Å². The average Bonchev–Trinajstić information content (AvgIpc) is 3.23. The molecule has 30 heavy (non-hydrogen) atoms. The van der Waals surface area contributed by atoms with Gasteiger partial charge in [-0.3, -0.25) is 4.98 Å². The first kappa shape index (κ1) is 18.7. The van der Waals surface area contributed by atoms with Crippen LogP contribution in [0.15, 0.2) is 84.9 Å². The molecule has 5 rings (SSSR count). The number of anilines is 1. The lowest BCUT2D eigenvalue weighted by molar-refractivity contribution is 0.483. The van der Waals surface area contributed by atoms with Gasteiger partial charge >= 0.3 is 0 Å². The van der Waals surface area contributed by atoms with Crippen molar-refractivity contribution in [3.05, 3.63) is 96.2 Å². The SMILES string of the molecule is Cc1ccc2cc(Oc3ccc(N4CCC(Cc5ccccc5)C4)cc3)ccc2n1. The molecule has 3 nitrogen and oxygen atoms in total. The Labute approximate surface area is 178 Å². The fraction of sp³-hybridized carbons (Fsp3) is 0.222. The molecule has 0 aliphatic carbocycles. The lowest BCUT2D eigenvalue weighted by atomic mass is 9.99. The molecule has 3 aromatic carbocycles. The third-order valence-corrected chi connectivity index (χ3v) is 5.89. The average molecular weight is 395 g/mol. The van der Waals surface area contributed by atoms with Gasteiger partial charge < -0.3 is 9.64 Å². The quantitative estimate of drug-likeness (QED) is 0.391. The van der Waals surface area contributed by atoms with E-state index in [2.05, 4.69) is 70.5 Å². The van der Waals surface area contributed by atoms with E-state index < -0.39 is 0 Å². The van der Waals surface area contributed by atoms with Crippen LogP contribution in [-0.4, -0.2) is 18.1 Å². The minimum Gasteiger partial charge on any atom is -0.457 e. The predicted molar refractivity (Wildman–Crippen MR) is 123 cm³/mol. The van der Waals surface area contributed by atoms with Crippen molar-refractivity contribution >= 4 is 16.6 Å². The Kier molecular flexibility index (Phi) is 5.10. The molecule has 0 radical (unpaired) electrons. The van der Waals surface area contributed by atoms with Gasteiger partial charge in [0.2, 0.25) is 0 Å². The molecule has 2 heterocycles. The van der Waals surface area contributed by atoms with Gasteiger partial charge in [-0.1, -0.05) is 36.4 Å². The van der Waals surface area contributed by atoms with Gasteiger partial charge in [0.05, 0.1) is 5.52 Å². The first-order chi connectivity index (χ1) is 14.7. The second kappa shape index (κ2) is 8.19. The van der Waals surface area contributed by atoms with Crippen LogP contribution in [0.1, 0.15) is 17.7 Å². The molecule has 0 N–H and O–H groups in total. The van der Waals surface area contributed by atoms with E-state index in [1.807, 2.05) is 31.2 Å². The molecule has 150 valence electrons. The van der Waals surface area contributed by atoms with Crippen molar-refractivity contribution < 1.29 is 4.74 Å². The highest BCUT2D eigenvalue weighted by atomic mass is 16.5. The van der Waals surface area contributed by atoms with Gasteiger partial charge in [0, 0.05) is 29.9 Å². The Morgan fingerprint density at radius 2 is 1.70 bits per heavy atom. The highest BCUT2D eigenvalue weighted by Crippen LogP contribution is 2.30. The molecule has 0 spiro atoms. The van der Waals surface area contributed by atoms with E-state index in [1.54, 1.807) is 0 Å². The summed E-state index contributed by atoms with van der Waals surface area (Å²) in [6.07, 6.45) is 2.41. The molecule has 1 aliphatic heterocycles. The standard InChI is InChI=1S/C27H26N2O/c1-20-7-8-23-18-26(13-14-27(23)28-20)30-25-11-9-24(10-12-25)29-16-15-22(19-29)17-21-5-3-2-4-6-21/h2-14,18,22H,15-17,19H2,1H3. The number of aromatic nitrogens is 1. The van der Waals surface area contributed by atoms with Gasteiger partial charge in [0.15, 0.2) is 0 Å². The molecule has 3 heteroatoms. The third kappa shape index (κ3) is 4.16. The number of hydrogen-bond acceptors (Lipinski definition) is 3. The van der Waals surface area contributed by atoms with E-state index in [0.29, 0.717) is 0 Å². The van der Waals surface area contributed by atoms with Crippen LogP contribution in [0.4, 0.5) is 5.69 Å². The maximum absolute atomic E-state index is 6.09. The number of aryl methyl sites for hydroxylation is 1. The second-order valence-electron chi connectivity index (χ2n) is 8.19. The van der Waals surface area contributed by atoms with Crippen LogP contribution in [-0.2, 0) is 6.42 Å². The third-order valence-electron chi connectivity index (χ3n) is 5.89. The summed E-state index contributed by atoms with van der Waals surface area (Å²) in [5.74, 6) is 2.42. The number of pyridine rings is 1. The Morgan fingerprint density at radius 1 is 0.900 bits per heavy atom. The van der Waals surface area contributed by atoms with Crippen molar-refractivity contribution in [3.63, 3.8) is 0 Å². The summed E-state index contributed by atoms with van der Waals surface area (Å²) < 4.78 is 6.09. The van der Waals surface area contributed by atoms with Crippen LogP contribution < -0.4 is 9.64 Å². The van der Waals surface area contributed by atoms with Crippen LogP contribution in [0, 0.1) is 12.8 Å². The fourth-order valence-electron chi connectivity index (χ4n) is 4.31. The van der Waals surface area contributed by atoms with Gasteiger partial charge in [0.1, 0.15) is 11.5 Å². The molecule has 1 atom stereocenters. The van der Waals surface area contributed by atoms with Crippen molar-refractivity contribution in [2.45, 2.75) is 19.8 Å². The number of benzene rings is 3. The van der Waals surface area contributed by atoms with Crippen molar-refractivity contribution in [3.8, 4) is 11.5 Å². The van der Waals surface area contributed by atoms with Crippen molar-refractivity contribution in [1.29, 1.82) is 0 Å². The highest BCUT2D eigenvalue weighted by Gasteiger charge is 2.22. The summed E-state index contributed by atoms with van der Waals surface area (Å²) in [7, 11) is 0. The van der Waals surface area contributed by atoms with Crippen LogP contribution in [0.5, 0.6) is 11.5 Å². The van der Waals surface area contributed by atoms with Gasteiger partial charge in [-0.25, -0.2) is 0 Å². The maximum atomic E-state index is 6.09. The van der Waals surface area contributed by atoms with E-state index in [4.69, 9.17) is 4.74 Å². The molecule has 1 saturated heterocycles. The predicted octanol–water partition coefficient (Wildman–Crippen LogP) is 6.40. The lowest BCUT2D eigenvalue weighted by Crippen LogP contribution is -2.20. The summed E-state index contributed by atoms with van der Waals surface area (Å²) in [5, 5.41) is 1.09. The highest BCUT2D eigenvalue weighted by molar-refractivity contribution is 5.80. The van der Waals surface area contributed by atoms with Crippen molar-refractivity contribution in [2.75, 3.05) is 18.0 Å². The van der Waals surface area contributed by atoms with Crippen LogP contribution in [0.3, 0.4) is 0 Å². The molecule has 1 aliphatic rings. The molecule has 0 amide bonds. The molecule has 1 unspecified atom stereocenters.